The number of hydrogen-bond acceptors (Lipinski definition) is 4. The van der Waals surface area contributed by atoms with Gasteiger partial charge in [-0.3, -0.25) is 4.79 Å². The minimum absolute atomic E-state index is 0.0615. The van der Waals surface area contributed by atoms with Gasteiger partial charge in [0.2, 0.25) is 0 Å². The molecule has 1 amide bonds. The molecule has 1 N–H and O–H groups in total. The third-order valence-corrected chi connectivity index (χ3v) is 5.41. The lowest BCUT2D eigenvalue weighted by Gasteiger charge is -2.20. The van der Waals surface area contributed by atoms with Crippen LogP contribution in [0.5, 0.6) is 5.75 Å². The van der Waals surface area contributed by atoms with Crippen molar-refractivity contribution in [1.82, 2.24) is 0 Å². The topological polar surface area (TPSA) is 58.6 Å². The van der Waals surface area contributed by atoms with Crippen molar-refractivity contribution in [3.8, 4) is 5.75 Å². The maximum Gasteiger partial charge on any atom is 0.262 e. The van der Waals surface area contributed by atoms with Crippen LogP contribution in [0.3, 0.4) is 0 Å². The van der Waals surface area contributed by atoms with Gasteiger partial charge in [0.05, 0.1) is 0 Å². The van der Waals surface area contributed by atoms with Gasteiger partial charge in [-0.1, -0.05) is 30.3 Å². The SMILES string of the molecule is CC(=O)CCc1ccc(OCC(=O)Nc2ccc(N3CCc4ccccc43)cc2)cc1. The highest BCUT2D eigenvalue weighted by molar-refractivity contribution is 5.92. The van der Waals surface area contributed by atoms with Crippen molar-refractivity contribution < 1.29 is 14.3 Å². The molecule has 0 atom stereocenters. The van der Waals surface area contributed by atoms with E-state index in [1.807, 2.05) is 48.5 Å². The Bertz CT molecular complexity index is 1060. The summed E-state index contributed by atoms with van der Waals surface area (Å²) in [6.07, 6.45) is 2.30. The summed E-state index contributed by atoms with van der Waals surface area (Å²) in [6.45, 7) is 2.50. The summed E-state index contributed by atoms with van der Waals surface area (Å²) in [6, 6.07) is 23.8. The highest BCUT2D eigenvalue weighted by Gasteiger charge is 2.19. The molecule has 3 aromatic rings. The Balaban J connectivity index is 1.28. The molecule has 1 aliphatic rings. The average molecular weight is 415 g/mol. The number of nitrogens with zero attached hydrogens (tertiary/aromatic N) is 1. The van der Waals surface area contributed by atoms with Crippen LogP contribution < -0.4 is 15.0 Å². The molecule has 0 saturated carbocycles. The van der Waals surface area contributed by atoms with Crippen LogP contribution in [0.15, 0.2) is 72.8 Å². The van der Waals surface area contributed by atoms with Gasteiger partial charge in [0.25, 0.3) is 5.91 Å². The number of ketones is 1. The van der Waals surface area contributed by atoms with Gasteiger partial charge in [0.15, 0.2) is 6.61 Å². The summed E-state index contributed by atoms with van der Waals surface area (Å²) in [4.78, 5) is 25.6. The second-order valence-corrected chi connectivity index (χ2v) is 7.76. The number of rotatable bonds is 8. The fourth-order valence-corrected chi connectivity index (χ4v) is 3.75. The molecule has 0 unspecified atom stereocenters. The predicted molar refractivity (Wildman–Crippen MR) is 123 cm³/mol. The molecule has 3 aromatic carbocycles. The monoisotopic (exact) mass is 414 g/mol. The molecule has 0 bridgehead atoms. The molecule has 0 radical (unpaired) electrons. The molecule has 4 rings (SSSR count). The van der Waals surface area contributed by atoms with Crippen molar-refractivity contribution in [2.24, 2.45) is 0 Å². The van der Waals surface area contributed by atoms with Gasteiger partial charge in [-0.25, -0.2) is 0 Å². The van der Waals surface area contributed by atoms with Gasteiger partial charge in [-0.15, -0.1) is 0 Å². The number of nitrogens with one attached hydrogen (secondary N) is 1. The second-order valence-electron chi connectivity index (χ2n) is 7.76. The first-order chi connectivity index (χ1) is 15.1. The Hall–Kier alpha value is -3.60. The molecular formula is C26H26N2O3. The summed E-state index contributed by atoms with van der Waals surface area (Å²) >= 11 is 0. The van der Waals surface area contributed by atoms with Crippen molar-refractivity contribution in [2.45, 2.75) is 26.2 Å². The lowest BCUT2D eigenvalue weighted by molar-refractivity contribution is -0.118. The van der Waals surface area contributed by atoms with Crippen molar-refractivity contribution in [3.05, 3.63) is 83.9 Å². The van der Waals surface area contributed by atoms with Crippen LogP contribution in [0.4, 0.5) is 17.1 Å². The van der Waals surface area contributed by atoms with E-state index in [-0.39, 0.29) is 18.3 Å². The Morgan fingerprint density at radius 2 is 1.71 bits per heavy atom. The van der Waals surface area contributed by atoms with Crippen LogP contribution in [-0.2, 0) is 22.4 Å². The number of benzene rings is 3. The summed E-state index contributed by atoms with van der Waals surface area (Å²) in [7, 11) is 0. The standard InChI is InChI=1S/C26H26N2O3/c1-19(29)6-7-20-8-14-24(15-9-20)31-18-26(30)27-22-10-12-23(13-11-22)28-17-16-21-4-2-3-5-25(21)28/h2-5,8-15H,6-7,16-18H2,1H3,(H,27,30). The molecule has 0 fully saturated rings. The molecule has 0 saturated heterocycles. The van der Waals surface area contributed by atoms with Crippen LogP contribution in [0.2, 0.25) is 0 Å². The Labute approximate surface area is 182 Å². The smallest absolute Gasteiger partial charge is 0.262 e. The molecule has 31 heavy (non-hydrogen) atoms. The number of hydrogen-bond donors (Lipinski definition) is 1. The van der Waals surface area contributed by atoms with Crippen LogP contribution in [0.25, 0.3) is 0 Å². The van der Waals surface area contributed by atoms with Gasteiger partial charge in [0, 0.05) is 30.0 Å². The van der Waals surface area contributed by atoms with Gasteiger partial charge in [0.1, 0.15) is 11.5 Å². The molecule has 0 spiro atoms. The fraction of sp³-hybridized carbons (Fsp3) is 0.231. The minimum atomic E-state index is -0.208. The fourth-order valence-electron chi connectivity index (χ4n) is 3.75. The molecule has 0 aromatic heterocycles. The van der Waals surface area contributed by atoms with Crippen LogP contribution in [-0.4, -0.2) is 24.8 Å². The number of ether oxygens (including phenoxy) is 1. The van der Waals surface area contributed by atoms with Gasteiger partial charge >= 0.3 is 0 Å². The number of fused-ring (bicyclic) bond motifs is 1. The Morgan fingerprint density at radius 1 is 0.968 bits per heavy atom. The van der Waals surface area contributed by atoms with E-state index in [1.165, 1.54) is 11.3 Å². The molecule has 5 nitrogen and oxygen atoms in total. The lowest BCUT2D eigenvalue weighted by Crippen LogP contribution is -2.20. The summed E-state index contributed by atoms with van der Waals surface area (Å²) in [5, 5.41) is 2.87. The van der Waals surface area contributed by atoms with Gasteiger partial charge in [-0.2, -0.15) is 0 Å². The largest absolute Gasteiger partial charge is 0.484 e. The predicted octanol–water partition coefficient (Wildman–Crippen LogP) is 4.92. The van der Waals surface area contributed by atoms with Crippen molar-refractivity contribution >= 4 is 28.8 Å². The minimum Gasteiger partial charge on any atom is -0.484 e. The Morgan fingerprint density at radius 3 is 2.45 bits per heavy atom. The highest BCUT2D eigenvalue weighted by Crippen LogP contribution is 2.34. The first kappa shape index (κ1) is 20.7. The van der Waals surface area contributed by atoms with Crippen LogP contribution in [0.1, 0.15) is 24.5 Å². The summed E-state index contributed by atoms with van der Waals surface area (Å²) in [5.41, 5.74) is 5.55. The molecule has 158 valence electrons. The maximum absolute atomic E-state index is 12.3. The number of Topliss-reactive ketones (excluding diaryl/α,β-unsaturated/α-hetero) is 1. The number of carbonyl (C=O) groups excluding carboxylic acids is 2. The maximum atomic E-state index is 12.3. The number of amides is 1. The van der Waals surface area contributed by atoms with Gasteiger partial charge in [-0.05, 0) is 73.4 Å². The molecule has 5 heteroatoms. The summed E-state index contributed by atoms with van der Waals surface area (Å²) < 4.78 is 5.58. The van der Waals surface area contributed by atoms with E-state index >= 15 is 0 Å². The van der Waals surface area contributed by atoms with Crippen LogP contribution in [0, 0.1) is 0 Å². The lowest BCUT2D eigenvalue weighted by atomic mass is 10.1. The molecule has 1 heterocycles. The van der Waals surface area contributed by atoms with E-state index in [0.29, 0.717) is 12.2 Å². The van der Waals surface area contributed by atoms with E-state index in [4.69, 9.17) is 4.74 Å². The van der Waals surface area contributed by atoms with Crippen LogP contribution >= 0.6 is 0 Å². The quantitative estimate of drug-likeness (QED) is 0.568. The highest BCUT2D eigenvalue weighted by atomic mass is 16.5. The van der Waals surface area contributed by atoms with Crippen molar-refractivity contribution in [2.75, 3.05) is 23.4 Å². The second kappa shape index (κ2) is 9.47. The zero-order valence-corrected chi connectivity index (χ0v) is 17.6. The zero-order valence-electron chi connectivity index (χ0n) is 17.6. The molecule has 1 aliphatic heterocycles. The van der Waals surface area contributed by atoms with E-state index < -0.39 is 0 Å². The first-order valence-electron chi connectivity index (χ1n) is 10.5. The number of aryl methyl sites for hydroxylation is 1. The molecular weight excluding hydrogens is 388 g/mol. The van der Waals surface area contributed by atoms with Gasteiger partial charge < -0.3 is 19.7 Å². The number of para-hydroxylation sites is 1. The number of anilines is 3. The molecule has 0 aliphatic carbocycles. The third-order valence-electron chi connectivity index (χ3n) is 5.41. The van der Waals surface area contributed by atoms with Crippen molar-refractivity contribution in [3.63, 3.8) is 0 Å². The van der Waals surface area contributed by atoms with Crippen molar-refractivity contribution in [1.29, 1.82) is 0 Å². The van der Waals surface area contributed by atoms with E-state index in [0.717, 1.165) is 36.3 Å². The zero-order chi connectivity index (χ0) is 21.6. The van der Waals surface area contributed by atoms with E-state index in [9.17, 15) is 9.59 Å². The third kappa shape index (κ3) is 5.31. The normalized spacial score (nSPS) is 12.4. The van der Waals surface area contributed by atoms with E-state index in [2.05, 4.69) is 34.5 Å². The van der Waals surface area contributed by atoms with E-state index in [1.54, 1.807) is 6.92 Å². The first-order valence-corrected chi connectivity index (χ1v) is 10.5. The Kier molecular flexibility index (Phi) is 6.32. The number of carbonyl (C=O) groups is 2. The average Bonchev–Trinajstić information content (AvgIpc) is 3.22. The summed E-state index contributed by atoms with van der Waals surface area (Å²) in [5.74, 6) is 0.597.